The van der Waals surface area contributed by atoms with Crippen LogP contribution >= 0.6 is 0 Å². The van der Waals surface area contributed by atoms with Crippen molar-refractivity contribution in [2.45, 2.75) is 32.2 Å². The van der Waals surface area contributed by atoms with Gasteiger partial charge >= 0.3 is 5.97 Å². The highest BCUT2D eigenvalue weighted by Gasteiger charge is 2.21. The lowest BCUT2D eigenvalue weighted by Gasteiger charge is -2.32. The summed E-state index contributed by atoms with van der Waals surface area (Å²) >= 11 is 0. The molecule has 0 saturated carbocycles. The standard InChI is InChI=1S/C16H22N2O3/c1-12-7-5-6-10-18(12)11-15(19)17-14-9-4-3-8-13(14)16(20)21-2/h3-4,8-9,12H,5-7,10-11H2,1-2H3,(H,17,19). The zero-order valence-corrected chi connectivity index (χ0v) is 12.6. The number of ether oxygens (including phenoxy) is 1. The lowest BCUT2D eigenvalue weighted by Crippen LogP contribution is -2.42. The van der Waals surface area contributed by atoms with Gasteiger partial charge in [0.15, 0.2) is 0 Å². The number of amides is 1. The number of piperidine rings is 1. The van der Waals surface area contributed by atoms with Crippen LogP contribution in [0.4, 0.5) is 5.69 Å². The van der Waals surface area contributed by atoms with Gasteiger partial charge in [0, 0.05) is 6.04 Å². The van der Waals surface area contributed by atoms with Gasteiger partial charge in [-0.05, 0) is 38.4 Å². The summed E-state index contributed by atoms with van der Waals surface area (Å²) in [5, 5.41) is 2.81. The lowest BCUT2D eigenvalue weighted by atomic mass is 10.0. The third-order valence-electron chi connectivity index (χ3n) is 3.89. The molecule has 1 aliphatic heterocycles. The first kappa shape index (κ1) is 15.5. The molecule has 0 spiro atoms. The van der Waals surface area contributed by atoms with Crippen molar-refractivity contribution in [3.63, 3.8) is 0 Å². The van der Waals surface area contributed by atoms with Crippen molar-refractivity contribution in [1.82, 2.24) is 4.90 Å². The van der Waals surface area contributed by atoms with Crippen LogP contribution in [0.15, 0.2) is 24.3 Å². The number of nitrogens with zero attached hydrogens (tertiary/aromatic N) is 1. The Balaban J connectivity index is 2.01. The molecule has 2 rings (SSSR count). The first-order valence-corrected chi connectivity index (χ1v) is 7.33. The number of rotatable bonds is 4. The predicted molar refractivity (Wildman–Crippen MR) is 81.3 cm³/mol. The fourth-order valence-corrected chi connectivity index (χ4v) is 2.65. The highest BCUT2D eigenvalue weighted by molar-refractivity contribution is 6.01. The van der Waals surface area contributed by atoms with E-state index in [2.05, 4.69) is 17.1 Å². The van der Waals surface area contributed by atoms with Gasteiger partial charge < -0.3 is 10.1 Å². The van der Waals surface area contributed by atoms with E-state index >= 15 is 0 Å². The first-order valence-electron chi connectivity index (χ1n) is 7.33. The summed E-state index contributed by atoms with van der Waals surface area (Å²) in [4.78, 5) is 26.0. The number of likely N-dealkylation sites (tertiary alicyclic amines) is 1. The van der Waals surface area contributed by atoms with Gasteiger partial charge in [-0.1, -0.05) is 18.6 Å². The van der Waals surface area contributed by atoms with Crippen molar-refractivity contribution >= 4 is 17.6 Å². The van der Waals surface area contributed by atoms with Crippen molar-refractivity contribution in [3.05, 3.63) is 29.8 Å². The fourth-order valence-electron chi connectivity index (χ4n) is 2.65. The van der Waals surface area contributed by atoms with Gasteiger partial charge in [0.1, 0.15) is 0 Å². The zero-order chi connectivity index (χ0) is 15.2. The van der Waals surface area contributed by atoms with E-state index in [1.165, 1.54) is 13.5 Å². The van der Waals surface area contributed by atoms with E-state index in [-0.39, 0.29) is 5.91 Å². The molecule has 1 heterocycles. The van der Waals surface area contributed by atoms with Crippen LogP contribution in [0.5, 0.6) is 0 Å². The highest BCUT2D eigenvalue weighted by Crippen LogP contribution is 2.18. The van der Waals surface area contributed by atoms with Crippen LogP contribution in [0.1, 0.15) is 36.5 Å². The SMILES string of the molecule is COC(=O)c1ccccc1NC(=O)CN1CCCCC1C. The number of carbonyl (C=O) groups is 2. The molecule has 0 aliphatic carbocycles. The van der Waals surface area contributed by atoms with Gasteiger partial charge in [0.25, 0.3) is 0 Å². The molecule has 1 amide bonds. The Morgan fingerprint density at radius 2 is 2.10 bits per heavy atom. The van der Waals surface area contributed by atoms with Crippen LogP contribution in [-0.4, -0.2) is 43.0 Å². The molecular formula is C16H22N2O3. The molecule has 1 aliphatic rings. The summed E-state index contributed by atoms with van der Waals surface area (Å²) in [5.74, 6) is -0.544. The molecule has 1 saturated heterocycles. The number of esters is 1. The number of hydrogen-bond donors (Lipinski definition) is 1. The minimum Gasteiger partial charge on any atom is -0.465 e. The van der Waals surface area contributed by atoms with E-state index in [4.69, 9.17) is 4.74 Å². The van der Waals surface area contributed by atoms with Gasteiger partial charge in [0.2, 0.25) is 5.91 Å². The second-order valence-electron chi connectivity index (χ2n) is 5.40. The molecule has 0 aromatic heterocycles. The van der Waals surface area contributed by atoms with Crippen molar-refractivity contribution in [2.24, 2.45) is 0 Å². The number of hydrogen-bond acceptors (Lipinski definition) is 4. The maximum Gasteiger partial charge on any atom is 0.339 e. The minimum absolute atomic E-state index is 0.0971. The monoisotopic (exact) mass is 290 g/mol. The Morgan fingerprint density at radius 3 is 2.81 bits per heavy atom. The van der Waals surface area contributed by atoms with E-state index in [9.17, 15) is 9.59 Å². The van der Waals surface area contributed by atoms with Gasteiger partial charge in [-0.15, -0.1) is 0 Å². The summed E-state index contributed by atoms with van der Waals surface area (Å²) < 4.78 is 4.72. The van der Waals surface area contributed by atoms with E-state index in [0.29, 0.717) is 23.8 Å². The summed E-state index contributed by atoms with van der Waals surface area (Å²) in [5.41, 5.74) is 0.874. The molecule has 21 heavy (non-hydrogen) atoms. The molecule has 5 nitrogen and oxygen atoms in total. The molecule has 1 N–H and O–H groups in total. The number of anilines is 1. The molecule has 114 valence electrons. The average molecular weight is 290 g/mol. The molecule has 1 aromatic carbocycles. The normalized spacial score (nSPS) is 19.0. The van der Waals surface area contributed by atoms with Crippen molar-refractivity contribution in [2.75, 3.05) is 25.5 Å². The van der Waals surface area contributed by atoms with Gasteiger partial charge in [-0.3, -0.25) is 9.69 Å². The first-order chi connectivity index (χ1) is 10.1. The maximum atomic E-state index is 12.2. The number of para-hydroxylation sites is 1. The Labute approximate surface area is 125 Å². The van der Waals surface area contributed by atoms with Crippen LogP contribution in [0, 0.1) is 0 Å². The number of carbonyl (C=O) groups excluding carboxylic acids is 2. The largest absolute Gasteiger partial charge is 0.465 e. The van der Waals surface area contributed by atoms with Gasteiger partial charge in [-0.2, -0.15) is 0 Å². The second kappa shape index (κ2) is 7.22. The predicted octanol–water partition coefficient (Wildman–Crippen LogP) is 2.29. The van der Waals surface area contributed by atoms with Crippen LogP contribution in [0.3, 0.4) is 0 Å². The molecule has 1 aromatic rings. The van der Waals surface area contributed by atoms with E-state index < -0.39 is 5.97 Å². The Morgan fingerprint density at radius 1 is 1.33 bits per heavy atom. The highest BCUT2D eigenvalue weighted by atomic mass is 16.5. The fraction of sp³-hybridized carbons (Fsp3) is 0.500. The second-order valence-corrected chi connectivity index (χ2v) is 5.40. The Kier molecular flexibility index (Phi) is 5.33. The molecule has 5 heteroatoms. The third kappa shape index (κ3) is 4.04. The molecule has 0 bridgehead atoms. The van der Waals surface area contributed by atoms with Crippen molar-refractivity contribution < 1.29 is 14.3 Å². The molecule has 1 unspecified atom stereocenters. The van der Waals surface area contributed by atoms with Crippen LogP contribution in [-0.2, 0) is 9.53 Å². The smallest absolute Gasteiger partial charge is 0.339 e. The summed E-state index contributed by atoms with van der Waals surface area (Å²) in [7, 11) is 1.33. The summed E-state index contributed by atoms with van der Waals surface area (Å²) in [6, 6.07) is 7.31. The number of benzene rings is 1. The van der Waals surface area contributed by atoms with E-state index in [1.807, 2.05) is 0 Å². The van der Waals surface area contributed by atoms with Gasteiger partial charge in [0.05, 0.1) is 24.9 Å². The maximum absolute atomic E-state index is 12.2. The minimum atomic E-state index is -0.447. The van der Waals surface area contributed by atoms with Crippen LogP contribution in [0.25, 0.3) is 0 Å². The zero-order valence-electron chi connectivity index (χ0n) is 12.6. The molecule has 1 fully saturated rings. The quantitative estimate of drug-likeness (QED) is 0.864. The Bertz CT molecular complexity index is 516. The van der Waals surface area contributed by atoms with Crippen LogP contribution < -0.4 is 5.32 Å². The van der Waals surface area contributed by atoms with Crippen molar-refractivity contribution in [1.29, 1.82) is 0 Å². The molecular weight excluding hydrogens is 268 g/mol. The molecule has 0 radical (unpaired) electrons. The van der Waals surface area contributed by atoms with E-state index in [1.54, 1.807) is 24.3 Å². The third-order valence-corrected chi connectivity index (χ3v) is 3.89. The average Bonchev–Trinajstić information content (AvgIpc) is 2.49. The Hall–Kier alpha value is -1.88. The number of methoxy groups -OCH3 is 1. The number of nitrogens with one attached hydrogen (secondary N) is 1. The summed E-state index contributed by atoms with van der Waals surface area (Å²) in [6.45, 7) is 3.46. The van der Waals surface area contributed by atoms with E-state index in [0.717, 1.165) is 19.4 Å². The van der Waals surface area contributed by atoms with Crippen molar-refractivity contribution in [3.8, 4) is 0 Å². The van der Waals surface area contributed by atoms with Gasteiger partial charge in [-0.25, -0.2) is 4.79 Å². The topological polar surface area (TPSA) is 58.6 Å². The lowest BCUT2D eigenvalue weighted by molar-refractivity contribution is -0.118. The van der Waals surface area contributed by atoms with Crippen LogP contribution in [0.2, 0.25) is 0 Å². The summed E-state index contributed by atoms with van der Waals surface area (Å²) in [6.07, 6.45) is 3.49. The molecule has 1 atom stereocenters.